The van der Waals surface area contributed by atoms with Crippen molar-refractivity contribution in [3.8, 4) is 11.5 Å². The van der Waals surface area contributed by atoms with Gasteiger partial charge in [-0.05, 0) is 54.8 Å². The summed E-state index contributed by atoms with van der Waals surface area (Å²) in [6, 6.07) is 8.66. The van der Waals surface area contributed by atoms with E-state index < -0.39 is 12.1 Å². The van der Waals surface area contributed by atoms with Gasteiger partial charge in [-0.2, -0.15) is 13.2 Å². The molecule has 7 nitrogen and oxygen atoms in total. The van der Waals surface area contributed by atoms with Crippen LogP contribution in [0.4, 0.5) is 13.2 Å². The lowest BCUT2D eigenvalue weighted by Gasteiger charge is -2.21. The van der Waals surface area contributed by atoms with Gasteiger partial charge >= 0.3 is 12.1 Å². The standard InChI is InChI=1S/C19H21ClN2O3.C2HF3O2/c1-2-22-19(25)17-16(24)9-14-13(18(17)20)7-8-21-10-15(14)11-3-5-12(23)6-4-11;3-2(4,5)1(6)7/h3-6,9,15,21,23-24H,2,7-8,10H2,1H3,(H,22,25);(H,6,7)/t15-;/m1./s1. The van der Waals surface area contributed by atoms with Gasteiger partial charge in [0.05, 0.1) is 10.6 Å². The number of halogens is 4. The molecule has 1 aliphatic heterocycles. The number of nitrogens with one attached hydrogen (secondary N) is 2. The van der Waals surface area contributed by atoms with Crippen molar-refractivity contribution in [3.63, 3.8) is 0 Å². The van der Waals surface area contributed by atoms with Gasteiger partial charge in [0.1, 0.15) is 11.5 Å². The molecular formula is C21H22ClF3N2O5. The Kier molecular flexibility index (Phi) is 8.34. The Morgan fingerprint density at radius 2 is 1.81 bits per heavy atom. The Morgan fingerprint density at radius 1 is 1.22 bits per heavy atom. The second kappa shape index (κ2) is 10.6. The zero-order chi connectivity index (χ0) is 24.1. The maximum absolute atomic E-state index is 12.2. The summed E-state index contributed by atoms with van der Waals surface area (Å²) in [5, 5.41) is 33.5. The molecule has 0 aliphatic carbocycles. The number of fused-ring (bicyclic) bond motifs is 1. The molecule has 3 rings (SSSR count). The molecule has 174 valence electrons. The first-order valence-corrected chi connectivity index (χ1v) is 9.97. The van der Waals surface area contributed by atoms with E-state index in [0.717, 1.165) is 23.2 Å². The van der Waals surface area contributed by atoms with Crippen molar-refractivity contribution in [2.24, 2.45) is 0 Å². The fourth-order valence-corrected chi connectivity index (χ4v) is 3.69. The van der Waals surface area contributed by atoms with E-state index in [0.29, 0.717) is 24.5 Å². The average molecular weight is 475 g/mol. The van der Waals surface area contributed by atoms with Crippen LogP contribution in [0.5, 0.6) is 11.5 Å². The second-order valence-electron chi connectivity index (χ2n) is 6.91. The normalized spacial score (nSPS) is 15.6. The van der Waals surface area contributed by atoms with Crippen molar-refractivity contribution in [1.29, 1.82) is 0 Å². The van der Waals surface area contributed by atoms with Crippen LogP contribution in [0, 0.1) is 0 Å². The number of carboxylic acids is 1. The highest BCUT2D eigenvalue weighted by Gasteiger charge is 2.38. The second-order valence-corrected chi connectivity index (χ2v) is 7.29. The van der Waals surface area contributed by atoms with Gasteiger partial charge < -0.3 is 26.0 Å². The van der Waals surface area contributed by atoms with Crippen molar-refractivity contribution in [3.05, 3.63) is 57.6 Å². The predicted octanol–water partition coefficient (Wildman–Crippen LogP) is 3.41. The lowest BCUT2D eigenvalue weighted by atomic mass is 9.86. The molecule has 32 heavy (non-hydrogen) atoms. The monoisotopic (exact) mass is 474 g/mol. The van der Waals surface area contributed by atoms with E-state index in [1.54, 1.807) is 18.2 Å². The summed E-state index contributed by atoms with van der Waals surface area (Å²) >= 11 is 6.52. The number of rotatable bonds is 3. The lowest BCUT2D eigenvalue weighted by Crippen LogP contribution is -2.24. The fourth-order valence-electron chi connectivity index (χ4n) is 3.30. The number of aliphatic carboxylic acids is 1. The number of benzene rings is 2. The lowest BCUT2D eigenvalue weighted by molar-refractivity contribution is -0.192. The molecule has 2 aromatic carbocycles. The number of aromatic hydroxyl groups is 2. The summed E-state index contributed by atoms with van der Waals surface area (Å²) in [6.07, 6.45) is -4.41. The van der Waals surface area contributed by atoms with E-state index in [-0.39, 0.29) is 28.9 Å². The van der Waals surface area contributed by atoms with Crippen LogP contribution < -0.4 is 10.6 Å². The van der Waals surface area contributed by atoms with E-state index in [2.05, 4.69) is 10.6 Å². The molecule has 11 heteroatoms. The van der Waals surface area contributed by atoms with Crippen LogP contribution in [0.15, 0.2) is 30.3 Å². The van der Waals surface area contributed by atoms with Crippen LogP contribution in [0.25, 0.3) is 0 Å². The third kappa shape index (κ3) is 6.04. The van der Waals surface area contributed by atoms with Crippen molar-refractivity contribution in [1.82, 2.24) is 10.6 Å². The fraction of sp³-hybridized carbons (Fsp3) is 0.333. The maximum Gasteiger partial charge on any atom is 0.490 e. The Bertz CT molecular complexity index is 981. The topological polar surface area (TPSA) is 119 Å². The van der Waals surface area contributed by atoms with Gasteiger partial charge in [-0.15, -0.1) is 0 Å². The Balaban J connectivity index is 0.000000451. The van der Waals surface area contributed by atoms with Crippen LogP contribution in [0.1, 0.15) is 39.9 Å². The van der Waals surface area contributed by atoms with Crippen molar-refractivity contribution in [2.45, 2.75) is 25.4 Å². The summed E-state index contributed by atoms with van der Waals surface area (Å²) in [5.74, 6) is -3.05. The van der Waals surface area contributed by atoms with Gasteiger partial charge in [0.15, 0.2) is 0 Å². The first kappa shape index (κ1) is 25.3. The summed E-state index contributed by atoms with van der Waals surface area (Å²) in [4.78, 5) is 21.1. The van der Waals surface area contributed by atoms with Gasteiger partial charge in [-0.1, -0.05) is 23.7 Å². The molecule has 0 bridgehead atoms. The molecule has 1 amide bonds. The summed E-state index contributed by atoms with van der Waals surface area (Å²) in [7, 11) is 0. The number of hydrogen-bond donors (Lipinski definition) is 5. The minimum atomic E-state index is -5.08. The zero-order valence-corrected chi connectivity index (χ0v) is 17.7. The Morgan fingerprint density at radius 3 is 2.34 bits per heavy atom. The molecule has 1 atom stereocenters. The van der Waals surface area contributed by atoms with Crippen LogP contribution in [0.2, 0.25) is 5.02 Å². The molecule has 0 unspecified atom stereocenters. The highest BCUT2D eigenvalue weighted by atomic mass is 35.5. The summed E-state index contributed by atoms with van der Waals surface area (Å²) in [6.45, 7) is 3.70. The maximum atomic E-state index is 12.2. The van der Waals surface area contributed by atoms with Gasteiger partial charge in [0, 0.05) is 19.0 Å². The molecule has 0 saturated carbocycles. The minimum absolute atomic E-state index is 0.0233. The van der Waals surface area contributed by atoms with Crippen molar-refractivity contribution < 1.29 is 38.1 Å². The molecule has 0 radical (unpaired) electrons. The number of hydrogen-bond acceptors (Lipinski definition) is 5. The zero-order valence-electron chi connectivity index (χ0n) is 17.0. The largest absolute Gasteiger partial charge is 0.508 e. The molecule has 0 saturated heterocycles. The van der Waals surface area contributed by atoms with Crippen molar-refractivity contribution in [2.75, 3.05) is 19.6 Å². The SMILES string of the molecule is CCNC(=O)c1c(O)cc2c(c1Cl)CCNC[C@@H]2c1ccc(O)cc1.O=C(O)C(F)(F)F. The van der Waals surface area contributed by atoms with E-state index >= 15 is 0 Å². The highest BCUT2D eigenvalue weighted by molar-refractivity contribution is 6.35. The van der Waals surface area contributed by atoms with Crippen LogP contribution in [-0.2, 0) is 11.2 Å². The van der Waals surface area contributed by atoms with Gasteiger partial charge in [-0.25, -0.2) is 4.79 Å². The number of carbonyl (C=O) groups is 2. The number of carboxylic acid groups (broad SMARTS) is 1. The first-order valence-electron chi connectivity index (χ1n) is 9.59. The predicted molar refractivity (Wildman–Crippen MR) is 111 cm³/mol. The highest BCUT2D eigenvalue weighted by Crippen LogP contribution is 2.39. The smallest absolute Gasteiger partial charge is 0.490 e. The third-order valence-electron chi connectivity index (χ3n) is 4.76. The molecular weight excluding hydrogens is 453 g/mol. The van der Waals surface area contributed by atoms with Crippen LogP contribution >= 0.6 is 11.6 Å². The molecule has 1 heterocycles. The van der Waals surface area contributed by atoms with Gasteiger partial charge in [-0.3, -0.25) is 4.79 Å². The average Bonchev–Trinajstić information content (AvgIpc) is 2.91. The van der Waals surface area contributed by atoms with Crippen molar-refractivity contribution >= 4 is 23.5 Å². The molecule has 0 fully saturated rings. The Hall–Kier alpha value is -2.98. The van der Waals surface area contributed by atoms with Crippen LogP contribution in [-0.4, -0.2) is 53.0 Å². The minimum Gasteiger partial charge on any atom is -0.508 e. The molecule has 5 N–H and O–H groups in total. The Labute approximate surface area is 186 Å². The number of phenolic OH excluding ortho intramolecular Hbond substituents is 2. The molecule has 0 spiro atoms. The molecule has 2 aromatic rings. The molecule has 1 aliphatic rings. The van der Waals surface area contributed by atoms with Gasteiger partial charge in [0.25, 0.3) is 5.91 Å². The first-order chi connectivity index (χ1) is 15.0. The number of phenols is 2. The molecule has 0 aromatic heterocycles. The summed E-state index contributed by atoms with van der Waals surface area (Å²) < 4.78 is 31.7. The number of amides is 1. The van der Waals surface area contributed by atoms with E-state index in [1.807, 2.05) is 19.1 Å². The van der Waals surface area contributed by atoms with Gasteiger partial charge in [0.2, 0.25) is 0 Å². The summed E-state index contributed by atoms with van der Waals surface area (Å²) in [5.41, 5.74) is 2.93. The van der Waals surface area contributed by atoms with E-state index in [1.165, 1.54) is 0 Å². The quantitative estimate of drug-likeness (QED) is 0.465. The number of alkyl halides is 3. The number of carbonyl (C=O) groups excluding carboxylic acids is 1. The third-order valence-corrected chi connectivity index (χ3v) is 5.18. The van der Waals surface area contributed by atoms with E-state index in [4.69, 9.17) is 21.5 Å². The van der Waals surface area contributed by atoms with E-state index in [9.17, 15) is 28.2 Å². The van der Waals surface area contributed by atoms with Crippen LogP contribution in [0.3, 0.4) is 0 Å².